The van der Waals surface area contributed by atoms with Crippen LogP contribution in [-0.2, 0) is 0 Å². The number of nitrogens with zero attached hydrogens (tertiary/aromatic N) is 2. The van der Waals surface area contributed by atoms with E-state index in [2.05, 4.69) is 31.9 Å². The van der Waals surface area contributed by atoms with E-state index < -0.39 is 0 Å². The van der Waals surface area contributed by atoms with Crippen LogP contribution in [0.3, 0.4) is 0 Å². The quantitative estimate of drug-likeness (QED) is 0.781. The Morgan fingerprint density at radius 3 is 2.94 bits per heavy atom. The molecule has 1 aliphatic heterocycles. The Bertz CT molecular complexity index is 380. The molecule has 0 radical (unpaired) electrons. The third-order valence-corrected chi connectivity index (χ3v) is 4.47. The van der Waals surface area contributed by atoms with Crippen molar-refractivity contribution in [1.82, 2.24) is 4.98 Å². The van der Waals surface area contributed by atoms with E-state index in [0.717, 1.165) is 16.4 Å². The number of hydrogen-bond donors (Lipinski definition) is 0. The first kappa shape index (κ1) is 10.6. The summed E-state index contributed by atoms with van der Waals surface area (Å²) in [5, 5.41) is 0. The molecule has 0 amide bonds. The summed E-state index contributed by atoms with van der Waals surface area (Å²) in [5.41, 5.74) is 1.30. The van der Waals surface area contributed by atoms with Crippen LogP contribution in [0, 0.1) is 5.92 Å². The van der Waals surface area contributed by atoms with Crippen molar-refractivity contribution < 1.29 is 0 Å². The third-order valence-electron chi connectivity index (χ3n) is 4.03. The predicted molar refractivity (Wildman–Crippen MR) is 69.6 cm³/mol. The summed E-state index contributed by atoms with van der Waals surface area (Å²) in [5.74, 6) is 0.938. The van der Waals surface area contributed by atoms with E-state index in [-0.39, 0.29) is 0 Å². The van der Waals surface area contributed by atoms with Crippen molar-refractivity contribution in [3.8, 4) is 0 Å². The van der Waals surface area contributed by atoms with Gasteiger partial charge in [-0.25, -0.2) is 0 Å². The van der Waals surface area contributed by atoms with Crippen LogP contribution in [0.4, 0.5) is 5.69 Å². The predicted octanol–water partition coefficient (Wildman–Crippen LogP) is 3.61. The second kappa shape index (κ2) is 4.36. The molecular weight excluding hydrogens is 264 g/mol. The van der Waals surface area contributed by atoms with Crippen molar-refractivity contribution in [2.45, 2.75) is 38.1 Å². The first-order valence-electron chi connectivity index (χ1n) is 6.22. The third kappa shape index (κ3) is 1.86. The van der Waals surface area contributed by atoms with Crippen molar-refractivity contribution in [1.29, 1.82) is 0 Å². The molecule has 1 saturated carbocycles. The molecule has 2 nitrogen and oxygen atoms in total. The van der Waals surface area contributed by atoms with Crippen LogP contribution in [0.2, 0.25) is 0 Å². The van der Waals surface area contributed by atoms with Gasteiger partial charge in [0, 0.05) is 23.3 Å². The fourth-order valence-corrected chi connectivity index (χ4v) is 3.64. The number of hydrogen-bond acceptors (Lipinski definition) is 2. The molecule has 1 saturated heterocycles. The molecule has 0 N–H and O–H groups in total. The maximum Gasteiger partial charge on any atom is 0.0566 e. The van der Waals surface area contributed by atoms with Crippen LogP contribution < -0.4 is 4.90 Å². The molecule has 2 atom stereocenters. The Balaban J connectivity index is 1.85. The highest BCUT2D eigenvalue weighted by molar-refractivity contribution is 9.10. The van der Waals surface area contributed by atoms with Gasteiger partial charge in [-0.2, -0.15) is 0 Å². The number of halogens is 1. The lowest BCUT2D eigenvalue weighted by molar-refractivity contribution is 0.342. The van der Waals surface area contributed by atoms with E-state index in [1.165, 1.54) is 44.3 Å². The summed E-state index contributed by atoms with van der Waals surface area (Å²) < 4.78 is 1.09. The summed E-state index contributed by atoms with van der Waals surface area (Å²) in [4.78, 5) is 6.85. The SMILES string of the molecule is Brc1cncc(N2CCC3CCCCC32)c1. The first-order chi connectivity index (χ1) is 7.84. The Morgan fingerprint density at radius 1 is 1.19 bits per heavy atom. The van der Waals surface area contributed by atoms with Crippen LogP contribution >= 0.6 is 15.9 Å². The molecule has 3 rings (SSSR count). The highest BCUT2D eigenvalue weighted by Gasteiger charge is 2.35. The van der Waals surface area contributed by atoms with Crippen LogP contribution in [0.1, 0.15) is 32.1 Å². The van der Waals surface area contributed by atoms with Crippen molar-refractivity contribution in [3.05, 3.63) is 22.9 Å². The highest BCUT2D eigenvalue weighted by Crippen LogP contribution is 2.38. The largest absolute Gasteiger partial charge is 0.367 e. The monoisotopic (exact) mass is 280 g/mol. The molecule has 0 aromatic carbocycles. The molecule has 2 fully saturated rings. The summed E-state index contributed by atoms with van der Waals surface area (Å²) in [7, 11) is 0. The van der Waals surface area contributed by atoms with Gasteiger partial charge in [0.1, 0.15) is 0 Å². The number of anilines is 1. The molecular formula is C13H17BrN2. The Labute approximate surface area is 105 Å². The van der Waals surface area contributed by atoms with Crippen molar-refractivity contribution in [2.75, 3.05) is 11.4 Å². The van der Waals surface area contributed by atoms with Crippen LogP contribution in [0.25, 0.3) is 0 Å². The molecule has 0 bridgehead atoms. The van der Waals surface area contributed by atoms with Crippen LogP contribution in [0.15, 0.2) is 22.9 Å². The normalized spacial score (nSPS) is 29.2. The second-order valence-corrected chi connectivity index (χ2v) is 5.87. The van der Waals surface area contributed by atoms with E-state index in [9.17, 15) is 0 Å². The average Bonchev–Trinajstić information content (AvgIpc) is 2.72. The minimum atomic E-state index is 0.782. The van der Waals surface area contributed by atoms with Gasteiger partial charge in [-0.1, -0.05) is 12.8 Å². The second-order valence-electron chi connectivity index (χ2n) is 4.96. The van der Waals surface area contributed by atoms with Gasteiger partial charge in [0.25, 0.3) is 0 Å². The lowest BCUT2D eigenvalue weighted by atomic mass is 9.85. The standard InChI is InChI=1S/C13H17BrN2/c14-11-7-12(9-15-8-11)16-6-5-10-3-1-2-4-13(10)16/h7-10,13H,1-6H2. The molecule has 2 aliphatic rings. The molecule has 1 aromatic heterocycles. The molecule has 0 spiro atoms. The van der Waals surface area contributed by atoms with Gasteiger partial charge in [-0.3, -0.25) is 4.98 Å². The fourth-order valence-electron chi connectivity index (χ4n) is 3.28. The van der Waals surface area contributed by atoms with E-state index in [0.29, 0.717) is 0 Å². The number of aromatic nitrogens is 1. The zero-order valence-corrected chi connectivity index (χ0v) is 11.0. The molecule has 1 aliphatic carbocycles. The number of rotatable bonds is 1. The van der Waals surface area contributed by atoms with Gasteiger partial charge in [0.15, 0.2) is 0 Å². The van der Waals surface area contributed by atoms with Gasteiger partial charge >= 0.3 is 0 Å². The Morgan fingerprint density at radius 2 is 2.06 bits per heavy atom. The van der Waals surface area contributed by atoms with Gasteiger partial charge < -0.3 is 4.90 Å². The molecule has 86 valence electrons. The van der Waals surface area contributed by atoms with Gasteiger partial charge in [-0.15, -0.1) is 0 Å². The average molecular weight is 281 g/mol. The molecule has 16 heavy (non-hydrogen) atoms. The lowest BCUT2D eigenvalue weighted by Crippen LogP contribution is -2.34. The number of fused-ring (bicyclic) bond motifs is 1. The maximum atomic E-state index is 4.28. The first-order valence-corrected chi connectivity index (χ1v) is 7.01. The zero-order chi connectivity index (χ0) is 11.0. The van der Waals surface area contributed by atoms with E-state index in [4.69, 9.17) is 0 Å². The van der Waals surface area contributed by atoms with Crippen molar-refractivity contribution in [3.63, 3.8) is 0 Å². The van der Waals surface area contributed by atoms with Crippen LogP contribution in [-0.4, -0.2) is 17.6 Å². The maximum absolute atomic E-state index is 4.28. The van der Waals surface area contributed by atoms with E-state index in [1.807, 2.05) is 12.4 Å². The lowest BCUT2D eigenvalue weighted by Gasteiger charge is -2.33. The van der Waals surface area contributed by atoms with Gasteiger partial charge in [0.05, 0.1) is 11.9 Å². The highest BCUT2D eigenvalue weighted by atomic mass is 79.9. The van der Waals surface area contributed by atoms with E-state index >= 15 is 0 Å². The van der Waals surface area contributed by atoms with Gasteiger partial charge in [0.2, 0.25) is 0 Å². The molecule has 2 unspecified atom stereocenters. The van der Waals surface area contributed by atoms with Crippen molar-refractivity contribution in [2.24, 2.45) is 5.92 Å². The fraction of sp³-hybridized carbons (Fsp3) is 0.615. The minimum Gasteiger partial charge on any atom is -0.367 e. The topological polar surface area (TPSA) is 16.1 Å². The summed E-state index contributed by atoms with van der Waals surface area (Å²) >= 11 is 3.51. The smallest absolute Gasteiger partial charge is 0.0566 e. The Kier molecular flexibility index (Phi) is 2.88. The van der Waals surface area contributed by atoms with E-state index in [1.54, 1.807) is 0 Å². The summed E-state index contributed by atoms with van der Waals surface area (Å²) in [6.45, 7) is 1.22. The molecule has 1 aromatic rings. The molecule has 3 heteroatoms. The zero-order valence-electron chi connectivity index (χ0n) is 9.40. The van der Waals surface area contributed by atoms with Crippen LogP contribution in [0.5, 0.6) is 0 Å². The van der Waals surface area contributed by atoms with Gasteiger partial charge in [-0.05, 0) is 47.2 Å². The summed E-state index contributed by atoms with van der Waals surface area (Å²) in [6, 6.07) is 2.98. The Hall–Kier alpha value is -0.570. The summed E-state index contributed by atoms with van der Waals surface area (Å²) in [6.07, 6.45) is 10.9. The molecule has 2 heterocycles. The minimum absolute atomic E-state index is 0.782. The number of pyridine rings is 1. The van der Waals surface area contributed by atoms with Crippen molar-refractivity contribution >= 4 is 21.6 Å².